The van der Waals surface area contributed by atoms with Crippen LogP contribution in [0.1, 0.15) is 30.0 Å². The summed E-state index contributed by atoms with van der Waals surface area (Å²) in [5.41, 5.74) is 1.78. The predicted octanol–water partition coefficient (Wildman–Crippen LogP) is 4.37. The Bertz CT molecular complexity index is 705. The predicted molar refractivity (Wildman–Crippen MR) is 75.6 cm³/mol. The quantitative estimate of drug-likeness (QED) is 0.912. The highest BCUT2D eigenvalue weighted by atomic mass is 35.5. The van der Waals surface area contributed by atoms with Crippen molar-refractivity contribution in [2.45, 2.75) is 18.8 Å². The molecule has 3 rings (SSSR count). The molecule has 1 aliphatic carbocycles. The van der Waals surface area contributed by atoms with Crippen molar-refractivity contribution in [1.29, 1.82) is 5.26 Å². The largest absolute Gasteiger partial charge is 0.338 e. The molecule has 2 aromatic rings. The molecule has 0 spiro atoms. The van der Waals surface area contributed by atoms with E-state index in [0.29, 0.717) is 23.0 Å². The number of anilines is 2. The second kappa shape index (κ2) is 5.10. The highest BCUT2D eigenvalue weighted by Crippen LogP contribution is 2.40. The topological polar surface area (TPSA) is 48.7 Å². The Labute approximate surface area is 121 Å². The van der Waals surface area contributed by atoms with E-state index in [4.69, 9.17) is 16.9 Å². The summed E-state index contributed by atoms with van der Waals surface area (Å²) in [4.78, 5) is 4.46. The molecule has 100 valence electrons. The van der Waals surface area contributed by atoms with Crippen LogP contribution in [0.5, 0.6) is 0 Å². The van der Waals surface area contributed by atoms with Gasteiger partial charge in [-0.15, -0.1) is 0 Å². The Hall–Kier alpha value is -2.12. The molecular weight excluding hydrogens is 277 g/mol. The molecule has 1 aromatic heterocycles. The van der Waals surface area contributed by atoms with Gasteiger partial charge in [-0.25, -0.2) is 9.37 Å². The van der Waals surface area contributed by atoms with Gasteiger partial charge in [-0.2, -0.15) is 5.26 Å². The minimum absolute atomic E-state index is 0.00462. The maximum absolute atomic E-state index is 13.4. The van der Waals surface area contributed by atoms with Gasteiger partial charge in [0.25, 0.3) is 0 Å². The third-order valence-corrected chi connectivity index (χ3v) is 3.62. The molecule has 20 heavy (non-hydrogen) atoms. The van der Waals surface area contributed by atoms with Crippen LogP contribution in [0.25, 0.3) is 0 Å². The SMILES string of the molecule is N#Cc1ccc(C2CC2)nc1Nc1cccc(F)c1Cl. The average Bonchev–Trinajstić information content (AvgIpc) is 3.28. The van der Waals surface area contributed by atoms with Crippen LogP contribution >= 0.6 is 11.6 Å². The number of rotatable bonds is 3. The van der Waals surface area contributed by atoms with Crippen LogP contribution < -0.4 is 5.32 Å². The first-order valence-electron chi connectivity index (χ1n) is 6.31. The molecular formula is C15H11ClFN3. The second-order valence-electron chi connectivity index (χ2n) is 4.74. The molecule has 0 saturated heterocycles. The number of hydrogen-bond acceptors (Lipinski definition) is 3. The fraction of sp³-hybridized carbons (Fsp3) is 0.200. The minimum Gasteiger partial charge on any atom is -0.338 e. The van der Waals surface area contributed by atoms with E-state index >= 15 is 0 Å². The number of benzene rings is 1. The number of nitrogens with zero attached hydrogens (tertiary/aromatic N) is 2. The van der Waals surface area contributed by atoms with E-state index in [0.717, 1.165) is 18.5 Å². The summed E-state index contributed by atoms with van der Waals surface area (Å²) in [6.07, 6.45) is 2.25. The van der Waals surface area contributed by atoms with Gasteiger partial charge in [0.15, 0.2) is 0 Å². The van der Waals surface area contributed by atoms with Gasteiger partial charge in [0.05, 0.1) is 16.3 Å². The van der Waals surface area contributed by atoms with Crippen molar-refractivity contribution in [2.24, 2.45) is 0 Å². The Balaban J connectivity index is 1.98. The van der Waals surface area contributed by atoms with Crippen LogP contribution in [0.15, 0.2) is 30.3 Å². The van der Waals surface area contributed by atoms with Crippen LogP contribution in [-0.4, -0.2) is 4.98 Å². The fourth-order valence-electron chi connectivity index (χ4n) is 1.99. The summed E-state index contributed by atoms with van der Waals surface area (Å²) >= 11 is 5.91. The van der Waals surface area contributed by atoms with Crippen LogP contribution in [0.4, 0.5) is 15.9 Å². The summed E-state index contributed by atoms with van der Waals surface area (Å²) in [5.74, 6) is 0.393. The Morgan fingerprint density at radius 1 is 1.30 bits per heavy atom. The van der Waals surface area contributed by atoms with Gasteiger partial charge in [0.2, 0.25) is 0 Å². The van der Waals surface area contributed by atoms with Crippen LogP contribution in [0.3, 0.4) is 0 Å². The summed E-state index contributed by atoms with van der Waals surface area (Å²) in [7, 11) is 0. The van der Waals surface area contributed by atoms with Crippen molar-refractivity contribution in [1.82, 2.24) is 4.98 Å². The summed E-state index contributed by atoms with van der Waals surface area (Å²) in [6.45, 7) is 0. The van der Waals surface area contributed by atoms with Crippen molar-refractivity contribution >= 4 is 23.1 Å². The van der Waals surface area contributed by atoms with Crippen molar-refractivity contribution in [3.63, 3.8) is 0 Å². The lowest BCUT2D eigenvalue weighted by molar-refractivity contribution is 0.629. The van der Waals surface area contributed by atoms with E-state index in [1.807, 2.05) is 6.07 Å². The van der Waals surface area contributed by atoms with Gasteiger partial charge in [-0.1, -0.05) is 17.7 Å². The molecule has 1 heterocycles. The molecule has 1 N–H and O–H groups in total. The normalized spacial score (nSPS) is 13.8. The van der Waals surface area contributed by atoms with Crippen molar-refractivity contribution in [2.75, 3.05) is 5.32 Å². The number of pyridine rings is 1. The smallest absolute Gasteiger partial charge is 0.148 e. The van der Waals surface area contributed by atoms with Crippen molar-refractivity contribution in [3.8, 4) is 6.07 Å². The molecule has 0 radical (unpaired) electrons. The maximum atomic E-state index is 13.4. The first kappa shape index (κ1) is 12.9. The lowest BCUT2D eigenvalue weighted by atomic mass is 10.2. The first-order chi connectivity index (χ1) is 9.69. The van der Waals surface area contributed by atoms with Crippen LogP contribution in [0.2, 0.25) is 5.02 Å². The lowest BCUT2D eigenvalue weighted by Gasteiger charge is -2.10. The van der Waals surface area contributed by atoms with E-state index < -0.39 is 5.82 Å². The first-order valence-corrected chi connectivity index (χ1v) is 6.69. The highest BCUT2D eigenvalue weighted by Gasteiger charge is 2.25. The van der Waals surface area contributed by atoms with E-state index in [2.05, 4.69) is 16.4 Å². The molecule has 0 aliphatic heterocycles. The van der Waals surface area contributed by atoms with Gasteiger partial charge in [0.1, 0.15) is 17.7 Å². The van der Waals surface area contributed by atoms with Gasteiger partial charge in [0, 0.05) is 11.6 Å². The zero-order chi connectivity index (χ0) is 14.1. The molecule has 0 amide bonds. The van der Waals surface area contributed by atoms with Gasteiger partial charge in [-0.05, 0) is 37.1 Å². The lowest BCUT2D eigenvalue weighted by Crippen LogP contribution is -2.00. The summed E-state index contributed by atoms with van der Waals surface area (Å²) in [6, 6.07) is 10.2. The molecule has 1 fully saturated rings. The van der Waals surface area contributed by atoms with Gasteiger partial charge in [-0.3, -0.25) is 0 Å². The Morgan fingerprint density at radius 2 is 2.10 bits per heavy atom. The molecule has 3 nitrogen and oxygen atoms in total. The molecule has 0 unspecified atom stereocenters. The molecule has 1 aromatic carbocycles. The number of halogens is 2. The number of hydrogen-bond donors (Lipinski definition) is 1. The Morgan fingerprint density at radius 3 is 2.80 bits per heavy atom. The highest BCUT2D eigenvalue weighted by molar-refractivity contribution is 6.33. The Kier molecular flexibility index (Phi) is 3.29. The molecule has 0 bridgehead atoms. The second-order valence-corrected chi connectivity index (χ2v) is 5.12. The van der Waals surface area contributed by atoms with E-state index in [9.17, 15) is 4.39 Å². The number of aromatic nitrogens is 1. The summed E-state index contributed by atoms with van der Waals surface area (Å²) in [5, 5.41) is 12.1. The fourth-order valence-corrected chi connectivity index (χ4v) is 2.17. The molecule has 5 heteroatoms. The van der Waals surface area contributed by atoms with Gasteiger partial charge < -0.3 is 5.32 Å². The zero-order valence-corrected chi connectivity index (χ0v) is 11.3. The molecule has 1 aliphatic rings. The number of nitrogens with one attached hydrogen (secondary N) is 1. The van der Waals surface area contributed by atoms with E-state index in [1.165, 1.54) is 6.07 Å². The average molecular weight is 288 g/mol. The van der Waals surface area contributed by atoms with E-state index in [1.54, 1.807) is 18.2 Å². The summed E-state index contributed by atoms with van der Waals surface area (Å²) < 4.78 is 13.4. The van der Waals surface area contributed by atoms with Crippen LogP contribution in [-0.2, 0) is 0 Å². The zero-order valence-electron chi connectivity index (χ0n) is 10.5. The third-order valence-electron chi connectivity index (χ3n) is 3.24. The number of nitriles is 1. The maximum Gasteiger partial charge on any atom is 0.148 e. The monoisotopic (exact) mass is 287 g/mol. The molecule has 0 atom stereocenters. The van der Waals surface area contributed by atoms with E-state index in [-0.39, 0.29) is 5.02 Å². The third kappa shape index (κ3) is 2.45. The van der Waals surface area contributed by atoms with Crippen molar-refractivity contribution < 1.29 is 4.39 Å². The van der Waals surface area contributed by atoms with Crippen molar-refractivity contribution in [3.05, 3.63) is 52.4 Å². The molecule has 1 saturated carbocycles. The van der Waals surface area contributed by atoms with Gasteiger partial charge >= 0.3 is 0 Å². The standard InChI is InChI=1S/C15H11ClFN3/c16-14-11(17)2-1-3-13(14)20-15-10(8-18)6-7-12(19-15)9-4-5-9/h1-3,6-7,9H,4-5H2,(H,19,20). The minimum atomic E-state index is -0.506. The van der Waals surface area contributed by atoms with Crippen LogP contribution in [0, 0.1) is 17.1 Å².